The second-order valence-corrected chi connectivity index (χ2v) is 6.73. The number of carbonyl (C=O) groups is 1. The van der Waals surface area contributed by atoms with Gasteiger partial charge in [-0.05, 0) is 49.6 Å². The van der Waals surface area contributed by atoms with E-state index >= 15 is 0 Å². The maximum absolute atomic E-state index is 12.5. The lowest BCUT2D eigenvalue weighted by Gasteiger charge is -2.07. The standard InChI is InChI=1S/C15H21N5OS/c1-4-7-19-10(2)8-13(11(19)3)14(21)9-22-15-16-17-18-20(15)12-5-6-12/h8,12H,4-7,9H2,1-3H3. The van der Waals surface area contributed by atoms with Gasteiger partial charge in [0.15, 0.2) is 5.78 Å². The van der Waals surface area contributed by atoms with Crippen molar-refractivity contribution in [3.05, 3.63) is 23.0 Å². The van der Waals surface area contributed by atoms with Gasteiger partial charge < -0.3 is 4.57 Å². The van der Waals surface area contributed by atoms with Crippen molar-refractivity contribution >= 4 is 17.5 Å². The topological polar surface area (TPSA) is 65.6 Å². The van der Waals surface area contributed by atoms with Gasteiger partial charge in [0.25, 0.3) is 0 Å². The zero-order valence-electron chi connectivity index (χ0n) is 13.2. The minimum Gasteiger partial charge on any atom is -0.348 e. The lowest BCUT2D eigenvalue weighted by Crippen LogP contribution is -2.07. The lowest BCUT2D eigenvalue weighted by atomic mass is 10.2. The number of carbonyl (C=O) groups excluding carboxylic acids is 1. The molecule has 6 nitrogen and oxygen atoms in total. The molecule has 2 aromatic heterocycles. The molecule has 1 saturated carbocycles. The molecule has 22 heavy (non-hydrogen) atoms. The van der Waals surface area contributed by atoms with Gasteiger partial charge in [-0.2, -0.15) is 0 Å². The van der Waals surface area contributed by atoms with Crippen molar-refractivity contribution in [2.75, 3.05) is 5.75 Å². The molecule has 2 heterocycles. The van der Waals surface area contributed by atoms with E-state index in [-0.39, 0.29) is 5.78 Å². The van der Waals surface area contributed by atoms with Crippen LogP contribution < -0.4 is 0 Å². The van der Waals surface area contributed by atoms with Gasteiger partial charge in [0.2, 0.25) is 5.16 Å². The van der Waals surface area contributed by atoms with Gasteiger partial charge in [0, 0.05) is 23.5 Å². The van der Waals surface area contributed by atoms with Gasteiger partial charge in [0.1, 0.15) is 0 Å². The highest BCUT2D eigenvalue weighted by Gasteiger charge is 2.28. The lowest BCUT2D eigenvalue weighted by molar-refractivity contribution is 0.102. The van der Waals surface area contributed by atoms with Crippen molar-refractivity contribution in [3.8, 4) is 0 Å². The number of hydrogen-bond donors (Lipinski definition) is 0. The molecule has 0 spiro atoms. The van der Waals surface area contributed by atoms with Crippen molar-refractivity contribution in [1.29, 1.82) is 0 Å². The molecule has 118 valence electrons. The maximum atomic E-state index is 12.5. The normalized spacial score (nSPS) is 14.5. The number of nitrogens with zero attached hydrogens (tertiary/aromatic N) is 5. The highest BCUT2D eigenvalue weighted by atomic mass is 32.2. The first-order valence-electron chi connectivity index (χ1n) is 7.72. The third kappa shape index (κ3) is 2.95. The fraction of sp³-hybridized carbons (Fsp3) is 0.600. The molecule has 0 amide bonds. The zero-order chi connectivity index (χ0) is 15.7. The molecule has 0 bridgehead atoms. The van der Waals surface area contributed by atoms with Crippen LogP contribution in [0.1, 0.15) is 54.0 Å². The third-order valence-electron chi connectivity index (χ3n) is 4.01. The van der Waals surface area contributed by atoms with E-state index in [1.54, 1.807) is 0 Å². The first kappa shape index (κ1) is 15.3. The Hall–Kier alpha value is -1.63. The number of aryl methyl sites for hydroxylation is 1. The summed E-state index contributed by atoms with van der Waals surface area (Å²) < 4.78 is 4.06. The van der Waals surface area contributed by atoms with E-state index in [1.807, 2.05) is 17.7 Å². The van der Waals surface area contributed by atoms with Gasteiger partial charge in [-0.3, -0.25) is 4.79 Å². The van der Waals surface area contributed by atoms with Crippen LogP contribution in [0.25, 0.3) is 0 Å². The number of ketones is 1. The van der Waals surface area contributed by atoms with E-state index in [4.69, 9.17) is 0 Å². The van der Waals surface area contributed by atoms with Gasteiger partial charge in [-0.1, -0.05) is 18.7 Å². The van der Waals surface area contributed by atoms with E-state index in [1.165, 1.54) is 11.8 Å². The molecule has 0 N–H and O–H groups in total. The summed E-state index contributed by atoms with van der Waals surface area (Å²) in [4.78, 5) is 12.5. The fourth-order valence-electron chi connectivity index (χ4n) is 2.69. The number of aromatic nitrogens is 5. The molecule has 1 aliphatic carbocycles. The van der Waals surface area contributed by atoms with Crippen molar-refractivity contribution < 1.29 is 4.79 Å². The third-order valence-corrected chi connectivity index (χ3v) is 4.94. The molecule has 2 aromatic rings. The van der Waals surface area contributed by atoms with E-state index in [9.17, 15) is 4.79 Å². The molecule has 7 heteroatoms. The molecule has 0 aromatic carbocycles. The predicted molar refractivity (Wildman–Crippen MR) is 85.3 cm³/mol. The van der Waals surface area contributed by atoms with Crippen LogP contribution >= 0.6 is 11.8 Å². The average molecular weight is 319 g/mol. The Bertz CT molecular complexity index is 686. The van der Waals surface area contributed by atoms with Crippen LogP contribution in [-0.4, -0.2) is 36.3 Å². The summed E-state index contributed by atoms with van der Waals surface area (Å²) in [5.41, 5.74) is 3.03. The summed E-state index contributed by atoms with van der Waals surface area (Å²) >= 11 is 1.43. The molecule has 0 saturated heterocycles. The predicted octanol–water partition coefficient (Wildman–Crippen LogP) is 2.81. The Balaban J connectivity index is 1.69. The Kier molecular flexibility index (Phi) is 4.33. The second kappa shape index (κ2) is 6.24. The molecule has 0 unspecified atom stereocenters. The molecule has 1 fully saturated rings. The van der Waals surface area contributed by atoms with Crippen molar-refractivity contribution in [3.63, 3.8) is 0 Å². The summed E-state index contributed by atoms with van der Waals surface area (Å²) in [7, 11) is 0. The van der Waals surface area contributed by atoms with E-state index in [2.05, 4.69) is 33.9 Å². The summed E-state index contributed by atoms with van der Waals surface area (Å²) in [6.45, 7) is 7.18. The van der Waals surface area contributed by atoms with Gasteiger partial charge in [-0.15, -0.1) is 5.10 Å². The highest BCUT2D eigenvalue weighted by molar-refractivity contribution is 7.99. The molecule has 3 rings (SSSR count). The second-order valence-electron chi connectivity index (χ2n) is 5.79. The summed E-state index contributed by atoms with van der Waals surface area (Å²) in [6.07, 6.45) is 3.32. The van der Waals surface area contributed by atoms with Crippen LogP contribution in [0.4, 0.5) is 0 Å². The molecule has 1 aliphatic rings. The van der Waals surface area contributed by atoms with E-state index < -0.39 is 0 Å². The van der Waals surface area contributed by atoms with Crippen LogP contribution in [0, 0.1) is 13.8 Å². The molecular weight excluding hydrogens is 298 g/mol. The van der Waals surface area contributed by atoms with Crippen molar-refractivity contribution in [2.24, 2.45) is 0 Å². The largest absolute Gasteiger partial charge is 0.348 e. The van der Waals surface area contributed by atoms with Gasteiger partial charge >= 0.3 is 0 Å². The monoisotopic (exact) mass is 319 g/mol. The first-order valence-corrected chi connectivity index (χ1v) is 8.71. The van der Waals surface area contributed by atoms with Crippen LogP contribution in [0.2, 0.25) is 0 Å². The average Bonchev–Trinajstić information content (AvgIpc) is 3.18. The minimum atomic E-state index is 0.144. The Morgan fingerprint density at radius 3 is 2.86 bits per heavy atom. The van der Waals surface area contributed by atoms with E-state index in [0.717, 1.165) is 47.9 Å². The minimum absolute atomic E-state index is 0.144. The number of thioether (sulfide) groups is 1. The quantitative estimate of drug-likeness (QED) is 0.580. The first-order chi connectivity index (χ1) is 10.6. The van der Waals surface area contributed by atoms with Crippen LogP contribution in [-0.2, 0) is 6.54 Å². The van der Waals surface area contributed by atoms with Crippen molar-refractivity contribution in [2.45, 2.75) is 57.8 Å². The van der Waals surface area contributed by atoms with Crippen LogP contribution in [0.5, 0.6) is 0 Å². The summed E-state index contributed by atoms with van der Waals surface area (Å²) in [5.74, 6) is 0.523. The Labute approximate surface area is 134 Å². The number of rotatable bonds is 7. The van der Waals surface area contributed by atoms with Crippen molar-refractivity contribution in [1.82, 2.24) is 24.8 Å². The highest BCUT2D eigenvalue weighted by Crippen LogP contribution is 2.36. The van der Waals surface area contributed by atoms with Gasteiger partial charge in [-0.25, -0.2) is 4.68 Å². The molecular formula is C15H21N5OS. The maximum Gasteiger partial charge on any atom is 0.210 e. The number of tetrazole rings is 1. The molecule has 0 radical (unpaired) electrons. The summed E-state index contributed by atoms with van der Waals surface area (Å²) in [5, 5.41) is 12.5. The Morgan fingerprint density at radius 1 is 1.41 bits per heavy atom. The zero-order valence-corrected chi connectivity index (χ0v) is 14.1. The van der Waals surface area contributed by atoms with Crippen LogP contribution in [0.3, 0.4) is 0 Å². The fourth-order valence-corrected chi connectivity index (χ4v) is 3.52. The SMILES string of the molecule is CCCn1c(C)cc(C(=O)CSc2nnnn2C2CC2)c1C. The smallest absolute Gasteiger partial charge is 0.210 e. The Morgan fingerprint density at radius 2 is 2.18 bits per heavy atom. The van der Waals surface area contributed by atoms with Crippen LogP contribution in [0.15, 0.2) is 11.2 Å². The number of hydrogen-bond acceptors (Lipinski definition) is 5. The molecule has 0 atom stereocenters. The van der Waals surface area contributed by atoms with E-state index in [0.29, 0.717) is 11.8 Å². The van der Waals surface area contributed by atoms with Gasteiger partial charge in [0.05, 0.1) is 11.8 Å². The molecule has 0 aliphatic heterocycles. The summed E-state index contributed by atoms with van der Waals surface area (Å²) in [6, 6.07) is 2.43. The number of Topliss-reactive ketones (excluding diaryl/α,β-unsaturated/α-hetero) is 1.